The van der Waals surface area contributed by atoms with Crippen molar-refractivity contribution >= 4 is 5.82 Å². The average molecular weight is 272 g/mol. The van der Waals surface area contributed by atoms with Crippen LogP contribution in [-0.2, 0) is 0 Å². The van der Waals surface area contributed by atoms with Crippen molar-refractivity contribution in [3.05, 3.63) is 18.0 Å². The van der Waals surface area contributed by atoms with Gasteiger partial charge in [-0.2, -0.15) is 4.98 Å². The molecule has 7 heteroatoms. The van der Waals surface area contributed by atoms with E-state index in [9.17, 15) is 0 Å². The zero-order valence-corrected chi connectivity index (χ0v) is 11.1. The molecular weight excluding hydrogens is 256 g/mol. The number of nitrogens with one attached hydrogen (secondary N) is 1. The summed E-state index contributed by atoms with van der Waals surface area (Å²) >= 11 is 0. The van der Waals surface area contributed by atoms with E-state index in [0.717, 1.165) is 50.7 Å². The average Bonchev–Trinajstić information content (AvgIpc) is 3.26. The van der Waals surface area contributed by atoms with Crippen LogP contribution in [0.2, 0.25) is 0 Å². The van der Waals surface area contributed by atoms with E-state index in [2.05, 4.69) is 30.6 Å². The zero-order chi connectivity index (χ0) is 13.4. The van der Waals surface area contributed by atoms with Gasteiger partial charge in [0.1, 0.15) is 0 Å². The van der Waals surface area contributed by atoms with E-state index >= 15 is 0 Å². The topological polar surface area (TPSA) is 80.0 Å². The summed E-state index contributed by atoms with van der Waals surface area (Å²) in [6, 6.07) is 3.86. The minimum atomic E-state index is 0.464. The number of anilines is 1. The quantitative estimate of drug-likeness (QED) is 0.885. The Bertz CT molecular complexity index is 585. The Morgan fingerprint density at radius 2 is 2.00 bits per heavy atom. The Morgan fingerprint density at radius 1 is 1.15 bits per heavy atom. The van der Waals surface area contributed by atoms with Crippen LogP contribution in [0, 0.1) is 0 Å². The van der Waals surface area contributed by atoms with Gasteiger partial charge in [-0.15, -0.1) is 10.2 Å². The molecule has 3 heterocycles. The van der Waals surface area contributed by atoms with Gasteiger partial charge in [0, 0.05) is 32.1 Å². The zero-order valence-electron chi connectivity index (χ0n) is 11.1. The third-order valence-electron chi connectivity index (χ3n) is 3.69. The smallest absolute Gasteiger partial charge is 0.278 e. The summed E-state index contributed by atoms with van der Waals surface area (Å²) in [5.74, 6) is 2.65. The van der Waals surface area contributed by atoms with Crippen LogP contribution in [-0.4, -0.2) is 46.5 Å². The van der Waals surface area contributed by atoms with Gasteiger partial charge in [0.05, 0.1) is 0 Å². The Hall–Kier alpha value is -2.02. The summed E-state index contributed by atoms with van der Waals surface area (Å²) < 4.78 is 5.25. The summed E-state index contributed by atoms with van der Waals surface area (Å²) in [6.07, 6.45) is 2.32. The molecule has 104 valence electrons. The second-order valence-corrected chi connectivity index (χ2v) is 5.25. The Balaban J connectivity index is 1.53. The molecule has 20 heavy (non-hydrogen) atoms. The van der Waals surface area contributed by atoms with Crippen molar-refractivity contribution in [1.29, 1.82) is 0 Å². The van der Waals surface area contributed by atoms with Crippen molar-refractivity contribution in [1.82, 2.24) is 25.7 Å². The minimum Gasteiger partial charge on any atom is -0.353 e. The van der Waals surface area contributed by atoms with Crippen LogP contribution in [0.5, 0.6) is 0 Å². The van der Waals surface area contributed by atoms with Crippen molar-refractivity contribution in [2.45, 2.75) is 18.8 Å². The highest BCUT2D eigenvalue weighted by Crippen LogP contribution is 2.38. The second kappa shape index (κ2) is 4.82. The SMILES string of the molecule is c1cc(N2CCNCC2)nnc1-c1nc(C2CC2)no1. The maximum Gasteiger partial charge on any atom is 0.278 e. The molecule has 1 aliphatic heterocycles. The molecule has 2 aliphatic rings. The second-order valence-electron chi connectivity index (χ2n) is 5.25. The van der Waals surface area contributed by atoms with Crippen LogP contribution in [0.15, 0.2) is 16.7 Å². The van der Waals surface area contributed by atoms with E-state index < -0.39 is 0 Å². The van der Waals surface area contributed by atoms with Crippen LogP contribution in [0.25, 0.3) is 11.6 Å². The van der Waals surface area contributed by atoms with E-state index in [0.29, 0.717) is 17.5 Å². The third kappa shape index (κ3) is 2.24. The lowest BCUT2D eigenvalue weighted by molar-refractivity contribution is 0.421. The van der Waals surface area contributed by atoms with Gasteiger partial charge in [0.2, 0.25) is 0 Å². The Labute approximate surface area is 116 Å². The number of piperazine rings is 1. The van der Waals surface area contributed by atoms with Crippen LogP contribution in [0.1, 0.15) is 24.6 Å². The molecule has 1 aliphatic carbocycles. The van der Waals surface area contributed by atoms with Gasteiger partial charge in [0.15, 0.2) is 17.3 Å². The molecule has 0 amide bonds. The molecule has 1 N–H and O–H groups in total. The van der Waals surface area contributed by atoms with Crippen molar-refractivity contribution in [2.75, 3.05) is 31.1 Å². The Kier molecular flexibility index (Phi) is 2.84. The predicted molar refractivity (Wildman–Crippen MR) is 72.4 cm³/mol. The lowest BCUT2D eigenvalue weighted by atomic mass is 10.3. The van der Waals surface area contributed by atoms with E-state index in [-0.39, 0.29) is 0 Å². The molecule has 1 saturated heterocycles. The van der Waals surface area contributed by atoms with E-state index in [1.54, 1.807) is 0 Å². The van der Waals surface area contributed by atoms with Gasteiger partial charge in [-0.3, -0.25) is 0 Å². The number of hydrogen-bond acceptors (Lipinski definition) is 7. The van der Waals surface area contributed by atoms with Crippen LogP contribution in [0.4, 0.5) is 5.82 Å². The summed E-state index contributed by atoms with van der Waals surface area (Å²) in [4.78, 5) is 6.60. The molecule has 2 aromatic heterocycles. The van der Waals surface area contributed by atoms with Gasteiger partial charge >= 0.3 is 0 Å². The molecule has 0 unspecified atom stereocenters. The molecule has 0 aromatic carbocycles. The van der Waals surface area contributed by atoms with Crippen LogP contribution >= 0.6 is 0 Å². The molecule has 0 spiro atoms. The molecule has 1 saturated carbocycles. The summed E-state index contributed by atoms with van der Waals surface area (Å²) in [5.41, 5.74) is 0.642. The van der Waals surface area contributed by atoms with E-state index in [4.69, 9.17) is 4.52 Å². The van der Waals surface area contributed by atoms with Gasteiger partial charge < -0.3 is 14.7 Å². The number of hydrogen-bond donors (Lipinski definition) is 1. The molecule has 2 fully saturated rings. The fourth-order valence-corrected chi connectivity index (χ4v) is 2.35. The van der Waals surface area contributed by atoms with Gasteiger partial charge in [-0.1, -0.05) is 5.16 Å². The molecule has 0 bridgehead atoms. The highest BCUT2D eigenvalue weighted by Gasteiger charge is 2.29. The molecular formula is C13H16N6O. The van der Waals surface area contributed by atoms with E-state index in [1.807, 2.05) is 12.1 Å². The van der Waals surface area contributed by atoms with Gasteiger partial charge in [-0.05, 0) is 25.0 Å². The molecule has 0 atom stereocenters. The highest BCUT2D eigenvalue weighted by molar-refractivity contribution is 5.49. The first-order valence-corrected chi connectivity index (χ1v) is 7.03. The fraction of sp³-hybridized carbons (Fsp3) is 0.538. The van der Waals surface area contributed by atoms with Gasteiger partial charge in [0.25, 0.3) is 5.89 Å². The minimum absolute atomic E-state index is 0.464. The third-order valence-corrected chi connectivity index (χ3v) is 3.69. The maximum absolute atomic E-state index is 5.25. The normalized spacial score (nSPS) is 19.3. The summed E-state index contributed by atoms with van der Waals surface area (Å²) in [5, 5.41) is 15.8. The van der Waals surface area contributed by atoms with Crippen molar-refractivity contribution < 1.29 is 4.52 Å². The first kappa shape index (κ1) is 11.8. The van der Waals surface area contributed by atoms with E-state index in [1.165, 1.54) is 0 Å². The molecule has 2 aromatic rings. The Morgan fingerprint density at radius 3 is 2.70 bits per heavy atom. The molecule has 7 nitrogen and oxygen atoms in total. The van der Waals surface area contributed by atoms with Crippen molar-refractivity contribution in [2.24, 2.45) is 0 Å². The lowest BCUT2D eigenvalue weighted by Crippen LogP contribution is -2.43. The largest absolute Gasteiger partial charge is 0.353 e. The first-order valence-electron chi connectivity index (χ1n) is 7.03. The number of aromatic nitrogens is 4. The highest BCUT2D eigenvalue weighted by atomic mass is 16.5. The molecule has 4 rings (SSSR count). The molecule has 0 radical (unpaired) electrons. The fourth-order valence-electron chi connectivity index (χ4n) is 2.35. The predicted octanol–water partition coefficient (Wildman–Crippen LogP) is 0.814. The van der Waals surface area contributed by atoms with Crippen LogP contribution in [0.3, 0.4) is 0 Å². The summed E-state index contributed by atoms with van der Waals surface area (Å²) in [6.45, 7) is 3.89. The summed E-state index contributed by atoms with van der Waals surface area (Å²) in [7, 11) is 0. The lowest BCUT2D eigenvalue weighted by Gasteiger charge is -2.27. The number of rotatable bonds is 3. The maximum atomic E-state index is 5.25. The first-order chi connectivity index (χ1) is 9.90. The monoisotopic (exact) mass is 272 g/mol. The number of nitrogens with zero attached hydrogens (tertiary/aromatic N) is 5. The van der Waals surface area contributed by atoms with Crippen LogP contribution < -0.4 is 10.2 Å². The standard InChI is InChI=1S/C13H16N6O/c1-2-9(1)12-15-13(20-18-12)10-3-4-11(17-16-10)19-7-5-14-6-8-19/h3-4,9,14H,1-2,5-8H2. The van der Waals surface area contributed by atoms with Gasteiger partial charge in [-0.25, -0.2) is 0 Å². The van der Waals surface area contributed by atoms with Crippen molar-refractivity contribution in [3.8, 4) is 11.6 Å². The van der Waals surface area contributed by atoms with Crippen molar-refractivity contribution in [3.63, 3.8) is 0 Å².